The van der Waals surface area contributed by atoms with Gasteiger partial charge in [0.15, 0.2) is 0 Å². The average Bonchev–Trinajstić information content (AvgIpc) is 2.46. The van der Waals surface area contributed by atoms with Gasteiger partial charge in [-0.25, -0.2) is 4.79 Å². The molecule has 2 fully saturated rings. The molecule has 0 aromatic carbocycles. The molecule has 2 amide bonds. The fraction of sp³-hybridized carbons (Fsp3) is 0.889. The van der Waals surface area contributed by atoms with Crippen molar-refractivity contribution in [3.63, 3.8) is 0 Å². The average molecular weight is 370 g/mol. The Labute approximate surface area is 156 Å². The number of nitrogens with one attached hydrogen (secondary N) is 1. The van der Waals surface area contributed by atoms with Crippen LogP contribution >= 0.6 is 0 Å². The number of hydrogen-bond donors (Lipinski definition) is 3. The van der Waals surface area contributed by atoms with E-state index in [-0.39, 0.29) is 30.7 Å². The number of urea groups is 1. The molecule has 150 valence electrons. The number of carbonyl (C=O) groups excluding carboxylic acids is 1. The number of amides is 2. The van der Waals surface area contributed by atoms with Crippen LogP contribution < -0.4 is 5.32 Å². The lowest BCUT2D eigenvalue weighted by molar-refractivity contribution is -0.139. The first kappa shape index (κ1) is 20.9. The molecule has 1 heterocycles. The quantitative estimate of drug-likeness (QED) is 0.601. The Kier molecular flexibility index (Phi) is 6.87. The minimum absolute atomic E-state index is 0.0369. The Morgan fingerprint density at radius 1 is 1.27 bits per heavy atom. The second kappa shape index (κ2) is 8.54. The van der Waals surface area contributed by atoms with Crippen LogP contribution in [0.2, 0.25) is 0 Å². The topological polar surface area (TPSA) is 96.4 Å². The molecule has 1 aliphatic heterocycles. The van der Waals surface area contributed by atoms with Crippen molar-refractivity contribution in [1.29, 1.82) is 0 Å². The molecule has 0 aromatic heterocycles. The molecular weight excluding hydrogens is 336 g/mol. The Bertz CT molecular complexity index is 502. The summed E-state index contributed by atoms with van der Waals surface area (Å²) in [7, 11) is 0. The SMILES string of the molecule is CCN(CC(=O)O)C1CC(NC(=O)N2CCN(CC(C)(C)O)CC2C)C1. The number of hydrogen-bond acceptors (Lipinski definition) is 5. The monoisotopic (exact) mass is 370 g/mol. The number of carboxylic acids is 1. The van der Waals surface area contributed by atoms with Gasteiger partial charge in [-0.2, -0.15) is 0 Å². The van der Waals surface area contributed by atoms with E-state index >= 15 is 0 Å². The Hall–Kier alpha value is -1.38. The van der Waals surface area contributed by atoms with E-state index in [1.807, 2.05) is 23.6 Å². The highest BCUT2D eigenvalue weighted by Gasteiger charge is 2.37. The summed E-state index contributed by atoms with van der Waals surface area (Å²) in [6.45, 7) is 11.1. The van der Waals surface area contributed by atoms with Gasteiger partial charge in [0.2, 0.25) is 0 Å². The van der Waals surface area contributed by atoms with Crippen LogP contribution in [0.15, 0.2) is 0 Å². The molecule has 0 bridgehead atoms. The van der Waals surface area contributed by atoms with Crippen molar-refractivity contribution in [1.82, 2.24) is 20.0 Å². The number of β-amino-alcohol motifs (C(OH)–C–C–N with tert-alkyl or cyclic N) is 1. The number of carboxylic acid groups (broad SMARTS) is 1. The van der Waals surface area contributed by atoms with E-state index in [1.54, 1.807) is 13.8 Å². The summed E-state index contributed by atoms with van der Waals surface area (Å²) < 4.78 is 0. The van der Waals surface area contributed by atoms with Gasteiger partial charge in [-0.3, -0.25) is 14.6 Å². The van der Waals surface area contributed by atoms with E-state index in [9.17, 15) is 14.7 Å². The molecule has 0 radical (unpaired) electrons. The summed E-state index contributed by atoms with van der Waals surface area (Å²) in [6, 6.07) is 0.422. The first-order valence-corrected chi connectivity index (χ1v) is 9.56. The number of piperazine rings is 1. The molecule has 0 spiro atoms. The molecule has 8 heteroatoms. The van der Waals surface area contributed by atoms with Gasteiger partial charge in [-0.1, -0.05) is 6.92 Å². The largest absolute Gasteiger partial charge is 0.480 e. The predicted octanol–water partition coefficient (Wildman–Crippen LogP) is 0.411. The summed E-state index contributed by atoms with van der Waals surface area (Å²) in [5, 5.41) is 22.0. The minimum Gasteiger partial charge on any atom is -0.480 e. The van der Waals surface area contributed by atoms with Gasteiger partial charge in [-0.05, 0) is 40.2 Å². The molecule has 8 nitrogen and oxygen atoms in total. The van der Waals surface area contributed by atoms with E-state index in [4.69, 9.17) is 5.11 Å². The summed E-state index contributed by atoms with van der Waals surface area (Å²) >= 11 is 0. The van der Waals surface area contributed by atoms with E-state index in [2.05, 4.69) is 10.2 Å². The molecule has 1 saturated carbocycles. The third-order valence-corrected chi connectivity index (χ3v) is 5.28. The lowest BCUT2D eigenvalue weighted by Crippen LogP contribution is -2.61. The molecule has 1 saturated heterocycles. The number of aliphatic hydroxyl groups is 1. The maximum atomic E-state index is 12.6. The first-order chi connectivity index (χ1) is 12.1. The number of nitrogens with zero attached hydrogens (tertiary/aromatic N) is 3. The molecule has 3 N–H and O–H groups in total. The van der Waals surface area contributed by atoms with Crippen LogP contribution in [0.4, 0.5) is 4.79 Å². The van der Waals surface area contributed by atoms with E-state index in [0.717, 1.165) is 25.9 Å². The van der Waals surface area contributed by atoms with E-state index in [1.165, 1.54) is 0 Å². The first-order valence-electron chi connectivity index (χ1n) is 9.56. The van der Waals surface area contributed by atoms with Crippen LogP contribution in [-0.2, 0) is 4.79 Å². The van der Waals surface area contributed by atoms with Gasteiger partial charge < -0.3 is 20.4 Å². The molecule has 1 atom stereocenters. The van der Waals surface area contributed by atoms with Crippen molar-refractivity contribution in [2.45, 2.75) is 64.3 Å². The molecule has 2 rings (SSSR count). The maximum Gasteiger partial charge on any atom is 0.317 e. The van der Waals surface area contributed by atoms with Gasteiger partial charge in [-0.15, -0.1) is 0 Å². The van der Waals surface area contributed by atoms with Crippen molar-refractivity contribution >= 4 is 12.0 Å². The lowest BCUT2D eigenvalue weighted by atomic mass is 9.85. The molecule has 1 unspecified atom stereocenters. The minimum atomic E-state index is -0.808. The Morgan fingerprint density at radius 2 is 1.92 bits per heavy atom. The van der Waals surface area contributed by atoms with Crippen molar-refractivity contribution < 1.29 is 19.8 Å². The van der Waals surface area contributed by atoms with Crippen LogP contribution in [0, 0.1) is 0 Å². The standard InChI is InChI=1S/C18H34N4O4/c1-5-21(11-16(23)24)15-8-14(9-15)19-17(25)22-7-6-20(10-13(22)2)12-18(3,4)26/h13-15,26H,5-12H2,1-4H3,(H,19,25)(H,23,24). The fourth-order valence-electron chi connectivity index (χ4n) is 3.96. The van der Waals surface area contributed by atoms with Crippen molar-refractivity contribution in [2.75, 3.05) is 39.3 Å². The second-order valence-corrected chi connectivity index (χ2v) is 8.32. The number of aliphatic carboxylic acids is 1. The number of rotatable bonds is 7. The van der Waals surface area contributed by atoms with Gasteiger partial charge >= 0.3 is 12.0 Å². The number of likely N-dealkylation sites (N-methyl/N-ethyl adjacent to an activating group) is 1. The lowest BCUT2D eigenvalue weighted by Gasteiger charge is -2.45. The third kappa shape index (κ3) is 5.82. The second-order valence-electron chi connectivity index (χ2n) is 8.32. The molecule has 0 aromatic rings. The summed E-state index contributed by atoms with van der Waals surface area (Å²) in [6.07, 6.45) is 1.61. The normalized spacial score (nSPS) is 27.3. The van der Waals surface area contributed by atoms with Gasteiger partial charge in [0.1, 0.15) is 0 Å². The Balaban J connectivity index is 1.75. The van der Waals surface area contributed by atoms with Crippen LogP contribution in [0.1, 0.15) is 40.5 Å². The van der Waals surface area contributed by atoms with Crippen molar-refractivity contribution in [3.8, 4) is 0 Å². The van der Waals surface area contributed by atoms with Gasteiger partial charge in [0, 0.05) is 44.3 Å². The van der Waals surface area contributed by atoms with E-state index < -0.39 is 11.6 Å². The highest BCUT2D eigenvalue weighted by Crippen LogP contribution is 2.26. The van der Waals surface area contributed by atoms with Crippen LogP contribution in [0.25, 0.3) is 0 Å². The zero-order valence-electron chi connectivity index (χ0n) is 16.4. The molecule has 2 aliphatic rings. The Morgan fingerprint density at radius 3 is 2.42 bits per heavy atom. The third-order valence-electron chi connectivity index (χ3n) is 5.28. The molecule has 1 aliphatic carbocycles. The molecule has 26 heavy (non-hydrogen) atoms. The van der Waals surface area contributed by atoms with E-state index in [0.29, 0.717) is 19.6 Å². The maximum absolute atomic E-state index is 12.6. The number of carbonyl (C=O) groups is 2. The smallest absolute Gasteiger partial charge is 0.317 e. The highest BCUT2D eigenvalue weighted by molar-refractivity contribution is 5.75. The van der Waals surface area contributed by atoms with Gasteiger partial charge in [0.05, 0.1) is 12.1 Å². The summed E-state index contributed by atoms with van der Waals surface area (Å²) in [5.41, 5.74) is -0.730. The van der Waals surface area contributed by atoms with Crippen molar-refractivity contribution in [3.05, 3.63) is 0 Å². The zero-order valence-corrected chi connectivity index (χ0v) is 16.4. The predicted molar refractivity (Wildman–Crippen MR) is 99.1 cm³/mol. The summed E-state index contributed by atoms with van der Waals surface area (Å²) in [4.78, 5) is 29.5. The van der Waals surface area contributed by atoms with Crippen LogP contribution in [0.3, 0.4) is 0 Å². The van der Waals surface area contributed by atoms with Crippen LogP contribution in [-0.4, -0.2) is 99.9 Å². The van der Waals surface area contributed by atoms with Crippen molar-refractivity contribution in [2.24, 2.45) is 0 Å². The molecular formula is C18H34N4O4. The highest BCUT2D eigenvalue weighted by atomic mass is 16.4. The van der Waals surface area contributed by atoms with Gasteiger partial charge in [0.25, 0.3) is 0 Å². The zero-order chi connectivity index (χ0) is 19.5. The summed E-state index contributed by atoms with van der Waals surface area (Å²) in [5.74, 6) is -0.808. The van der Waals surface area contributed by atoms with Crippen LogP contribution in [0.5, 0.6) is 0 Å². The fourth-order valence-corrected chi connectivity index (χ4v) is 3.96.